The van der Waals surface area contributed by atoms with Crippen LogP contribution in [0.1, 0.15) is 0 Å². The average Bonchev–Trinajstić information content (AvgIpc) is 2.50. The summed E-state index contributed by atoms with van der Waals surface area (Å²) in [5.74, 6) is 0.129. The summed E-state index contributed by atoms with van der Waals surface area (Å²) < 4.78 is 0. The molecule has 0 aliphatic heterocycles. The van der Waals surface area contributed by atoms with Gasteiger partial charge in [0, 0.05) is 10.5 Å². The molecule has 0 saturated heterocycles. The van der Waals surface area contributed by atoms with Crippen LogP contribution in [0.2, 0.25) is 10.0 Å². The van der Waals surface area contributed by atoms with E-state index in [4.69, 9.17) is 28.9 Å². The molecule has 0 saturated carbocycles. The lowest BCUT2D eigenvalue weighted by atomic mass is 10.1. The molecule has 0 aliphatic rings. The molecule has 3 rings (SSSR count). The second-order valence-electron chi connectivity index (χ2n) is 4.83. The number of hydrogen-bond acceptors (Lipinski definition) is 6. The average molecular weight is 380 g/mol. The third kappa shape index (κ3) is 3.67. The highest BCUT2D eigenvalue weighted by atomic mass is 35.5. The summed E-state index contributed by atoms with van der Waals surface area (Å²) >= 11 is 13.3. The van der Waals surface area contributed by atoms with Crippen LogP contribution < -0.4 is 5.73 Å². The number of benzene rings is 2. The second kappa shape index (κ2) is 6.76. The molecule has 4 N–H and O–H groups in total. The minimum Gasteiger partial charge on any atom is -0.508 e. The molecule has 8 heteroatoms. The van der Waals surface area contributed by atoms with Crippen LogP contribution >= 0.6 is 35.0 Å². The van der Waals surface area contributed by atoms with Gasteiger partial charge in [0.25, 0.3) is 0 Å². The van der Waals surface area contributed by atoms with Gasteiger partial charge in [-0.2, -0.15) is 0 Å². The Morgan fingerprint density at radius 2 is 1.75 bits per heavy atom. The second-order valence-corrected chi connectivity index (χ2v) is 6.74. The van der Waals surface area contributed by atoms with E-state index in [1.54, 1.807) is 24.3 Å². The van der Waals surface area contributed by atoms with Crippen molar-refractivity contribution in [1.82, 2.24) is 9.97 Å². The van der Waals surface area contributed by atoms with Crippen LogP contribution in [0.25, 0.3) is 11.3 Å². The van der Waals surface area contributed by atoms with E-state index in [0.29, 0.717) is 21.3 Å². The van der Waals surface area contributed by atoms with Gasteiger partial charge in [-0.1, -0.05) is 41.0 Å². The number of anilines is 1. The molecule has 3 aromatic rings. The van der Waals surface area contributed by atoms with Gasteiger partial charge in [-0.3, -0.25) is 0 Å². The highest BCUT2D eigenvalue weighted by molar-refractivity contribution is 7.99. The summed E-state index contributed by atoms with van der Waals surface area (Å²) in [4.78, 5) is 9.13. The molecule has 24 heavy (non-hydrogen) atoms. The first-order valence-electron chi connectivity index (χ1n) is 6.72. The predicted molar refractivity (Wildman–Crippen MR) is 95.8 cm³/mol. The molecule has 0 fully saturated rings. The van der Waals surface area contributed by atoms with Crippen LogP contribution in [-0.2, 0) is 0 Å². The fourth-order valence-electron chi connectivity index (χ4n) is 2.03. The molecule has 122 valence electrons. The monoisotopic (exact) mass is 379 g/mol. The van der Waals surface area contributed by atoms with E-state index in [-0.39, 0.29) is 22.5 Å². The topological polar surface area (TPSA) is 92.3 Å². The molecular weight excluding hydrogens is 369 g/mol. The Bertz CT molecular complexity index is 922. The molecule has 1 aromatic heterocycles. The van der Waals surface area contributed by atoms with Gasteiger partial charge >= 0.3 is 0 Å². The predicted octanol–water partition coefficient (Wildman–Crippen LogP) is 4.60. The Balaban J connectivity index is 2.02. The summed E-state index contributed by atoms with van der Waals surface area (Å²) in [5.41, 5.74) is 6.73. The minimum atomic E-state index is -0.101. The molecule has 1 heterocycles. The number of nitrogens with two attached hydrogens (primary N) is 1. The van der Waals surface area contributed by atoms with Gasteiger partial charge < -0.3 is 15.9 Å². The van der Waals surface area contributed by atoms with Gasteiger partial charge in [0.05, 0.1) is 15.7 Å². The van der Waals surface area contributed by atoms with Crippen molar-refractivity contribution in [2.45, 2.75) is 9.92 Å². The molecule has 0 atom stereocenters. The lowest BCUT2D eigenvalue weighted by molar-refractivity contribution is 0.473. The fourth-order valence-corrected chi connectivity index (χ4v) is 3.39. The Morgan fingerprint density at radius 3 is 2.50 bits per heavy atom. The van der Waals surface area contributed by atoms with Crippen molar-refractivity contribution in [1.29, 1.82) is 0 Å². The molecule has 2 aromatic carbocycles. The van der Waals surface area contributed by atoms with Crippen molar-refractivity contribution < 1.29 is 10.2 Å². The Morgan fingerprint density at radius 1 is 0.958 bits per heavy atom. The molecule has 0 bridgehead atoms. The SMILES string of the molecule is Nc1nc(Sc2cccc(O)c2)cc(-c2cc(O)c(Cl)cc2Cl)n1. The van der Waals surface area contributed by atoms with E-state index < -0.39 is 0 Å². The zero-order valence-corrected chi connectivity index (χ0v) is 14.4. The van der Waals surface area contributed by atoms with Gasteiger partial charge in [0.2, 0.25) is 5.95 Å². The van der Waals surface area contributed by atoms with Crippen molar-refractivity contribution >= 4 is 40.9 Å². The maximum Gasteiger partial charge on any atom is 0.221 e. The molecule has 0 radical (unpaired) electrons. The number of halogens is 2. The number of rotatable bonds is 3. The molecule has 0 unspecified atom stereocenters. The van der Waals surface area contributed by atoms with Gasteiger partial charge in [0.15, 0.2) is 0 Å². The first-order valence-corrected chi connectivity index (χ1v) is 8.29. The molecule has 0 aliphatic carbocycles. The molecule has 0 amide bonds. The third-order valence-corrected chi connectivity index (χ3v) is 4.60. The summed E-state index contributed by atoms with van der Waals surface area (Å²) in [6.45, 7) is 0. The van der Waals surface area contributed by atoms with Crippen LogP contribution in [0.5, 0.6) is 11.5 Å². The lowest BCUT2D eigenvalue weighted by Crippen LogP contribution is -1.98. The standard InChI is InChI=1S/C16H11Cl2N3O2S/c17-11-6-12(18)14(23)5-10(11)13-7-15(21-16(19)20-13)24-9-3-1-2-8(22)4-9/h1-7,22-23H,(H2,19,20,21). The minimum absolute atomic E-state index is 0.0701. The number of nitrogens with zero attached hydrogens (tertiary/aromatic N) is 2. The van der Waals surface area contributed by atoms with Crippen molar-refractivity contribution in [3.05, 3.63) is 52.5 Å². The first-order chi connectivity index (χ1) is 11.4. The number of phenolic OH excluding ortho intramolecular Hbond substituents is 2. The Kier molecular flexibility index (Phi) is 4.71. The number of aromatic hydroxyl groups is 2. The molecule has 5 nitrogen and oxygen atoms in total. The Hall–Kier alpha value is -2.15. The van der Waals surface area contributed by atoms with Crippen LogP contribution in [0.3, 0.4) is 0 Å². The van der Waals surface area contributed by atoms with Crippen molar-refractivity contribution in [2.75, 3.05) is 5.73 Å². The summed E-state index contributed by atoms with van der Waals surface area (Å²) in [5, 5.41) is 20.4. The van der Waals surface area contributed by atoms with Crippen molar-refractivity contribution in [3.8, 4) is 22.8 Å². The zero-order valence-electron chi connectivity index (χ0n) is 12.1. The maximum absolute atomic E-state index is 9.79. The highest BCUT2D eigenvalue weighted by Gasteiger charge is 2.13. The third-order valence-electron chi connectivity index (χ3n) is 3.07. The van der Waals surface area contributed by atoms with Gasteiger partial charge in [0.1, 0.15) is 16.5 Å². The fraction of sp³-hybridized carbons (Fsp3) is 0. The van der Waals surface area contributed by atoms with Crippen LogP contribution in [0.4, 0.5) is 5.95 Å². The first kappa shape index (κ1) is 16.7. The van der Waals surface area contributed by atoms with Crippen LogP contribution in [0, 0.1) is 0 Å². The number of phenols is 2. The highest BCUT2D eigenvalue weighted by Crippen LogP contribution is 2.37. The summed E-state index contributed by atoms with van der Waals surface area (Å²) in [6, 6.07) is 11.3. The Labute approximate surface area is 152 Å². The lowest BCUT2D eigenvalue weighted by Gasteiger charge is -2.09. The summed E-state index contributed by atoms with van der Waals surface area (Å²) in [6.07, 6.45) is 0. The van der Waals surface area contributed by atoms with Crippen molar-refractivity contribution in [3.63, 3.8) is 0 Å². The molecule has 0 spiro atoms. The van der Waals surface area contributed by atoms with Crippen LogP contribution in [-0.4, -0.2) is 20.2 Å². The number of hydrogen-bond donors (Lipinski definition) is 3. The number of nitrogen functional groups attached to an aromatic ring is 1. The summed E-state index contributed by atoms with van der Waals surface area (Å²) in [7, 11) is 0. The van der Waals surface area contributed by atoms with E-state index >= 15 is 0 Å². The molecular formula is C16H11Cl2N3O2S. The van der Waals surface area contributed by atoms with Crippen LogP contribution in [0.15, 0.2) is 52.4 Å². The van der Waals surface area contributed by atoms with Crippen molar-refractivity contribution in [2.24, 2.45) is 0 Å². The number of aromatic nitrogens is 2. The van der Waals surface area contributed by atoms with E-state index in [1.807, 2.05) is 6.07 Å². The van der Waals surface area contributed by atoms with Gasteiger partial charge in [-0.05, 0) is 36.4 Å². The largest absolute Gasteiger partial charge is 0.508 e. The van der Waals surface area contributed by atoms with E-state index in [9.17, 15) is 10.2 Å². The van der Waals surface area contributed by atoms with E-state index in [1.165, 1.54) is 23.9 Å². The van der Waals surface area contributed by atoms with Gasteiger partial charge in [-0.15, -0.1) is 0 Å². The van der Waals surface area contributed by atoms with E-state index in [0.717, 1.165) is 4.90 Å². The van der Waals surface area contributed by atoms with Gasteiger partial charge in [-0.25, -0.2) is 9.97 Å². The quantitative estimate of drug-likeness (QED) is 0.576. The zero-order chi connectivity index (χ0) is 17.3. The van der Waals surface area contributed by atoms with E-state index in [2.05, 4.69) is 9.97 Å². The maximum atomic E-state index is 9.79. The smallest absolute Gasteiger partial charge is 0.221 e. The normalized spacial score (nSPS) is 10.8.